The van der Waals surface area contributed by atoms with Crippen molar-refractivity contribution >= 4 is 5.97 Å². The highest BCUT2D eigenvalue weighted by atomic mass is 16.5. The molecule has 1 N–H and O–H groups in total. The van der Waals surface area contributed by atoms with Crippen LogP contribution in [-0.2, 0) is 21.4 Å². The Morgan fingerprint density at radius 3 is 1.94 bits per heavy atom. The number of hydrogen-bond acceptors (Lipinski definition) is 3. The Balaban J connectivity index is 2.00. The van der Waals surface area contributed by atoms with Crippen LogP contribution in [0.1, 0.15) is 149 Å². The maximum absolute atomic E-state index is 12.1. The standard InChI is InChI=1S/C31H54O3/c1-5-6-7-8-9-10-11-12-13-14-15-16-17-18-19-20-25-34-30(33)24-22-27-21-23-29(32)28(26-27)31(2,3)4/h21,23,26,32H,5-20,22,24-25H2,1-4H3/i17D. The van der Waals surface area contributed by atoms with Gasteiger partial charge in [0, 0.05) is 7.79 Å². The number of aromatic hydroxyl groups is 1. The minimum Gasteiger partial charge on any atom is -0.508 e. The number of benzene rings is 1. The molecule has 0 fully saturated rings. The molecule has 0 heterocycles. The third kappa shape index (κ3) is 15.4. The molecule has 1 rings (SSSR count). The van der Waals surface area contributed by atoms with Crippen LogP contribution in [0.3, 0.4) is 0 Å². The molecule has 3 nitrogen and oxygen atoms in total. The molecule has 196 valence electrons. The predicted octanol–water partition coefficient (Wildman–Crippen LogP) is 9.43. The molecule has 0 amide bonds. The van der Waals surface area contributed by atoms with Crippen LogP contribution in [0.5, 0.6) is 5.75 Å². The first-order valence-electron chi connectivity index (χ1n) is 14.7. The summed E-state index contributed by atoms with van der Waals surface area (Å²) in [5.74, 6) is 0.138. The smallest absolute Gasteiger partial charge is 0.306 e. The lowest BCUT2D eigenvalue weighted by molar-refractivity contribution is -0.143. The zero-order valence-corrected chi connectivity index (χ0v) is 22.8. The monoisotopic (exact) mass is 475 g/mol. The fraction of sp³-hybridized carbons (Fsp3) is 0.774. The fourth-order valence-electron chi connectivity index (χ4n) is 4.33. The Morgan fingerprint density at radius 2 is 1.38 bits per heavy atom. The highest BCUT2D eigenvalue weighted by molar-refractivity contribution is 5.69. The van der Waals surface area contributed by atoms with Gasteiger partial charge in [0.15, 0.2) is 0 Å². The quantitative estimate of drug-likeness (QED) is 0.151. The summed E-state index contributed by atoms with van der Waals surface area (Å²) in [6.07, 6.45) is 19.5. The first-order valence-corrected chi connectivity index (χ1v) is 14.1. The van der Waals surface area contributed by atoms with Crippen molar-refractivity contribution in [1.82, 2.24) is 0 Å². The largest absolute Gasteiger partial charge is 0.508 e. The molecule has 1 aromatic carbocycles. The summed E-state index contributed by atoms with van der Waals surface area (Å²) in [5, 5.41) is 10.1. The summed E-state index contributed by atoms with van der Waals surface area (Å²) in [6, 6.07) is 5.59. The Morgan fingerprint density at radius 1 is 0.853 bits per heavy atom. The molecule has 0 saturated carbocycles. The fourth-order valence-corrected chi connectivity index (χ4v) is 4.33. The normalized spacial score (nSPS) is 13.0. The molecule has 34 heavy (non-hydrogen) atoms. The van der Waals surface area contributed by atoms with Crippen molar-refractivity contribution in [2.75, 3.05) is 6.61 Å². The average Bonchev–Trinajstić information content (AvgIpc) is 2.81. The molecule has 0 aromatic heterocycles. The van der Waals surface area contributed by atoms with Crippen molar-refractivity contribution in [2.45, 2.75) is 149 Å². The van der Waals surface area contributed by atoms with Gasteiger partial charge in [0.05, 0.1) is 6.61 Å². The van der Waals surface area contributed by atoms with Crippen LogP contribution in [-0.4, -0.2) is 17.7 Å². The maximum atomic E-state index is 12.1. The minimum atomic E-state index is -0.168. The highest BCUT2D eigenvalue weighted by Gasteiger charge is 2.18. The van der Waals surface area contributed by atoms with Crippen molar-refractivity contribution < 1.29 is 16.0 Å². The SMILES string of the molecule is [2H]C(CCCCCCCCCCCCC)CCCCOC(=O)CCc1ccc(O)c(C(C)(C)C)c1. The lowest BCUT2D eigenvalue weighted by Crippen LogP contribution is -2.12. The average molecular weight is 476 g/mol. The molecule has 0 aliphatic carbocycles. The summed E-state index contributed by atoms with van der Waals surface area (Å²) in [6.45, 7) is 8.93. The third-order valence-corrected chi connectivity index (χ3v) is 6.56. The molecule has 0 spiro atoms. The van der Waals surface area contributed by atoms with E-state index in [0.717, 1.165) is 36.8 Å². The Hall–Kier alpha value is -1.51. The van der Waals surface area contributed by atoms with Crippen LogP contribution in [0.15, 0.2) is 18.2 Å². The summed E-state index contributed by atoms with van der Waals surface area (Å²) >= 11 is 0. The predicted molar refractivity (Wildman–Crippen MR) is 146 cm³/mol. The van der Waals surface area contributed by atoms with E-state index < -0.39 is 0 Å². The molecule has 1 atom stereocenters. The van der Waals surface area contributed by atoms with Crippen molar-refractivity contribution in [1.29, 1.82) is 0 Å². The van der Waals surface area contributed by atoms with Gasteiger partial charge in [-0.15, -0.1) is 0 Å². The van der Waals surface area contributed by atoms with E-state index in [-0.39, 0.29) is 17.8 Å². The Bertz CT molecular complexity index is 680. The first-order chi connectivity index (χ1) is 16.7. The van der Waals surface area contributed by atoms with Crippen LogP contribution in [0.2, 0.25) is 0 Å². The number of phenolic OH excluding ortho intramolecular Hbond substituents is 1. The van der Waals surface area contributed by atoms with Gasteiger partial charge in [0.1, 0.15) is 5.75 Å². The second kappa shape index (κ2) is 18.8. The molecule has 0 radical (unpaired) electrons. The first kappa shape index (κ1) is 28.7. The number of aryl methyl sites for hydroxylation is 1. The number of rotatable bonds is 20. The zero-order chi connectivity index (χ0) is 25.9. The lowest BCUT2D eigenvalue weighted by atomic mass is 9.85. The van der Waals surface area contributed by atoms with Gasteiger partial charge >= 0.3 is 5.97 Å². The second-order valence-electron chi connectivity index (χ2n) is 10.9. The van der Waals surface area contributed by atoms with Gasteiger partial charge in [-0.05, 0) is 35.4 Å². The van der Waals surface area contributed by atoms with E-state index in [1.165, 1.54) is 70.6 Å². The molecular weight excluding hydrogens is 420 g/mol. The zero-order valence-electron chi connectivity index (χ0n) is 23.8. The third-order valence-electron chi connectivity index (χ3n) is 6.56. The molecule has 3 heteroatoms. The molecule has 0 aliphatic heterocycles. The Labute approximate surface area is 212 Å². The van der Waals surface area contributed by atoms with E-state index in [9.17, 15) is 9.90 Å². The van der Waals surface area contributed by atoms with Crippen LogP contribution < -0.4 is 0 Å². The van der Waals surface area contributed by atoms with Gasteiger partial charge in [0.25, 0.3) is 0 Å². The van der Waals surface area contributed by atoms with Crippen molar-refractivity contribution in [2.24, 2.45) is 0 Å². The highest BCUT2D eigenvalue weighted by Crippen LogP contribution is 2.31. The number of esters is 1. The van der Waals surface area contributed by atoms with Gasteiger partial charge in [-0.2, -0.15) is 0 Å². The molecule has 0 bridgehead atoms. The maximum Gasteiger partial charge on any atom is 0.306 e. The number of ether oxygens (including phenoxy) is 1. The summed E-state index contributed by atoms with van der Waals surface area (Å²) in [4.78, 5) is 12.1. The number of unbranched alkanes of at least 4 members (excludes halogenated alkanes) is 11. The van der Waals surface area contributed by atoms with Crippen LogP contribution >= 0.6 is 0 Å². The molecule has 0 saturated heterocycles. The van der Waals surface area contributed by atoms with Crippen molar-refractivity contribution in [3.8, 4) is 5.75 Å². The van der Waals surface area contributed by atoms with Crippen LogP contribution in [0, 0.1) is 0 Å². The van der Waals surface area contributed by atoms with Gasteiger partial charge in [0.2, 0.25) is 0 Å². The molecular formula is C31H54O3. The molecule has 1 aromatic rings. The number of hydrogen-bond donors (Lipinski definition) is 1. The van der Waals surface area contributed by atoms with Gasteiger partial charge in [-0.25, -0.2) is 0 Å². The Kier molecular flexibility index (Phi) is 15.9. The molecule has 0 aliphatic rings. The van der Waals surface area contributed by atoms with Crippen LogP contribution in [0.25, 0.3) is 0 Å². The summed E-state index contributed by atoms with van der Waals surface area (Å²) in [5.41, 5.74) is 1.81. The van der Waals surface area contributed by atoms with E-state index in [1.54, 1.807) is 6.07 Å². The molecule has 1 unspecified atom stereocenters. The van der Waals surface area contributed by atoms with E-state index in [1.807, 2.05) is 12.1 Å². The summed E-state index contributed by atoms with van der Waals surface area (Å²) < 4.78 is 13.6. The van der Waals surface area contributed by atoms with Crippen LogP contribution in [0.4, 0.5) is 0 Å². The lowest BCUT2D eigenvalue weighted by Gasteiger charge is -2.21. The topological polar surface area (TPSA) is 46.5 Å². The number of carbonyl (C=O) groups excluding carboxylic acids is 1. The van der Waals surface area contributed by atoms with E-state index >= 15 is 0 Å². The van der Waals surface area contributed by atoms with Gasteiger partial charge in [-0.3, -0.25) is 4.79 Å². The van der Waals surface area contributed by atoms with Gasteiger partial charge in [-0.1, -0.05) is 136 Å². The van der Waals surface area contributed by atoms with E-state index in [4.69, 9.17) is 6.11 Å². The van der Waals surface area contributed by atoms with Crippen molar-refractivity contribution in [3.63, 3.8) is 0 Å². The van der Waals surface area contributed by atoms with E-state index in [2.05, 4.69) is 27.7 Å². The number of phenols is 1. The minimum absolute atomic E-state index is 0.0239. The summed E-state index contributed by atoms with van der Waals surface area (Å²) in [7, 11) is 0. The number of carbonyl (C=O) groups is 1. The van der Waals surface area contributed by atoms with Crippen molar-refractivity contribution in [3.05, 3.63) is 29.3 Å². The second-order valence-corrected chi connectivity index (χ2v) is 10.9. The van der Waals surface area contributed by atoms with E-state index in [0.29, 0.717) is 25.2 Å². The van der Waals surface area contributed by atoms with Gasteiger partial charge < -0.3 is 9.84 Å².